The molecule has 1 aromatic carbocycles. The lowest BCUT2D eigenvalue weighted by Crippen LogP contribution is -2.36. The van der Waals surface area contributed by atoms with Gasteiger partial charge in [-0.3, -0.25) is 14.9 Å². The van der Waals surface area contributed by atoms with Crippen LogP contribution < -0.4 is 11.1 Å². The Hall–Kier alpha value is -2.09. The number of amides is 1. The quantitative estimate of drug-likeness (QED) is 0.647. The van der Waals surface area contributed by atoms with Crippen LogP contribution in [-0.2, 0) is 4.79 Å². The molecule has 104 valence electrons. The fourth-order valence-electron chi connectivity index (χ4n) is 1.38. The molecule has 0 saturated heterocycles. The van der Waals surface area contributed by atoms with Crippen LogP contribution in [0.1, 0.15) is 20.3 Å². The second kappa shape index (κ2) is 5.27. The Kier molecular flexibility index (Phi) is 4.15. The van der Waals surface area contributed by atoms with E-state index < -0.39 is 39.4 Å². The fourth-order valence-corrected chi connectivity index (χ4v) is 1.38. The molecule has 6 nitrogen and oxygen atoms in total. The van der Waals surface area contributed by atoms with Gasteiger partial charge in [-0.1, -0.05) is 0 Å². The minimum absolute atomic E-state index is 0.113. The summed E-state index contributed by atoms with van der Waals surface area (Å²) < 4.78 is 26.5. The number of anilines is 1. The third kappa shape index (κ3) is 4.25. The van der Waals surface area contributed by atoms with Crippen molar-refractivity contribution in [1.82, 2.24) is 0 Å². The van der Waals surface area contributed by atoms with Gasteiger partial charge in [-0.25, -0.2) is 4.39 Å². The van der Waals surface area contributed by atoms with E-state index >= 15 is 0 Å². The van der Waals surface area contributed by atoms with Crippen LogP contribution >= 0.6 is 0 Å². The normalized spacial score (nSPS) is 11.2. The molecule has 3 N–H and O–H groups in total. The zero-order chi connectivity index (χ0) is 14.8. The summed E-state index contributed by atoms with van der Waals surface area (Å²) in [6.07, 6.45) is -0.113. The van der Waals surface area contributed by atoms with Gasteiger partial charge in [0.1, 0.15) is 5.82 Å². The summed E-state index contributed by atoms with van der Waals surface area (Å²) in [5.74, 6) is -3.02. The highest BCUT2D eigenvalue weighted by molar-refractivity contribution is 5.91. The lowest BCUT2D eigenvalue weighted by atomic mass is 10.0. The van der Waals surface area contributed by atoms with Crippen LogP contribution in [-0.4, -0.2) is 16.4 Å². The zero-order valence-corrected chi connectivity index (χ0v) is 10.4. The minimum atomic E-state index is -1.31. The molecule has 19 heavy (non-hydrogen) atoms. The number of nitro benzene ring substituents is 1. The topological polar surface area (TPSA) is 98.3 Å². The number of nitrogens with two attached hydrogens (primary N) is 1. The van der Waals surface area contributed by atoms with E-state index in [1.807, 2.05) is 0 Å². The smallest absolute Gasteiger partial charge is 0.307 e. The predicted molar refractivity (Wildman–Crippen MR) is 64.5 cm³/mol. The molecule has 8 heteroatoms. The van der Waals surface area contributed by atoms with Crippen molar-refractivity contribution in [2.45, 2.75) is 25.8 Å². The highest BCUT2D eigenvalue weighted by Gasteiger charge is 2.21. The standard InChI is InChI=1S/C11H13F2N3O3/c1-11(2,14)5-10(17)15-8-4-9(16(18)19)7(13)3-6(8)12/h3-4H,5,14H2,1-2H3,(H,15,17). The first-order chi connectivity index (χ1) is 8.60. The molecule has 0 radical (unpaired) electrons. The monoisotopic (exact) mass is 273 g/mol. The molecule has 0 aliphatic rings. The van der Waals surface area contributed by atoms with Crippen LogP contribution in [0.4, 0.5) is 20.2 Å². The van der Waals surface area contributed by atoms with Crippen LogP contribution in [0, 0.1) is 21.7 Å². The van der Waals surface area contributed by atoms with E-state index in [-0.39, 0.29) is 6.42 Å². The summed E-state index contributed by atoms with van der Waals surface area (Å²) in [5.41, 5.74) is 3.43. The van der Waals surface area contributed by atoms with Crippen LogP contribution in [0.15, 0.2) is 12.1 Å². The lowest BCUT2D eigenvalue weighted by Gasteiger charge is -2.17. The maximum Gasteiger partial charge on any atom is 0.307 e. The fraction of sp³-hybridized carbons (Fsp3) is 0.364. The molecular weight excluding hydrogens is 260 g/mol. The zero-order valence-electron chi connectivity index (χ0n) is 10.4. The van der Waals surface area contributed by atoms with E-state index in [0.717, 1.165) is 0 Å². The largest absolute Gasteiger partial charge is 0.325 e. The Bertz CT molecular complexity index is 527. The number of hydrogen-bond donors (Lipinski definition) is 2. The summed E-state index contributed by atoms with van der Waals surface area (Å²) in [6, 6.07) is 0.980. The van der Waals surface area contributed by atoms with Gasteiger partial charge in [0.15, 0.2) is 0 Å². The number of halogens is 2. The molecule has 1 amide bonds. The summed E-state index contributed by atoms with van der Waals surface area (Å²) in [5, 5.41) is 12.6. The van der Waals surface area contributed by atoms with Crippen molar-refractivity contribution in [2.24, 2.45) is 5.73 Å². The molecule has 0 fully saturated rings. The first kappa shape index (κ1) is 15.0. The molecular formula is C11H13F2N3O3. The van der Waals surface area contributed by atoms with Gasteiger partial charge in [0.25, 0.3) is 0 Å². The second-order valence-corrected chi connectivity index (χ2v) is 4.75. The van der Waals surface area contributed by atoms with E-state index in [1.54, 1.807) is 13.8 Å². The maximum absolute atomic E-state index is 13.4. The third-order valence-electron chi connectivity index (χ3n) is 2.12. The van der Waals surface area contributed by atoms with Crippen LogP contribution in [0.5, 0.6) is 0 Å². The molecule has 0 atom stereocenters. The SMILES string of the molecule is CC(C)(N)CC(=O)Nc1cc([N+](=O)[O-])c(F)cc1F. The highest BCUT2D eigenvalue weighted by atomic mass is 19.1. The average molecular weight is 273 g/mol. The Morgan fingerprint density at radius 1 is 1.42 bits per heavy atom. The van der Waals surface area contributed by atoms with Gasteiger partial charge in [-0.05, 0) is 13.8 Å². The van der Waals surface area contributed by atoms with Crippen molar-refractivity contribution >= 4 is 17.3 Å². The number of rotatable bonds is 4. The van der Waals surface area contributed by atoms with Crippen molar-refractivity contribution in [3.8, 4) is 0 Å². The van der Waals surface area contributed by atoms with E-state index in [2.05, 4.69) is 5.32 Å². The highest BCUT2D eigenvalue weighted by Crippen LogP contribution is 2.25. The van der Waals surface area contributed by atoms with Crippen LogP contribution in [0.25, 0.3) is 0 Å². The van der Waals surface area contributed by atoms with Crippen molar-refractivity contribution in [1.29, 1.82) is 0 Å². The van der Waals surface area contributed by atoms with Gasteiger partial charge in [0.2, 0.25) is 11.7 Å². The average Bonchev–Trinajstić information content (AvgIpc) is 2.18. The summed E-state index contributed by atoms with van der Waals surface area (Å²) >= 11 is 0. The van der Waals surface area contributed by atoms with Crippen LogP contribution in [0.2, 0.25) is 0 Å². The van der Waals surface area contributed by atoms with Crippen LogP contribution in [0.3, 0.4) is 0 Å². The van der Waals surface area contributed by atoms with E-state index in [4.69, 9.17) is 5.73 Å². The van der Waals surface area contributed by atoms with E-state index in [0.29, 0.717) is 12.1 Å². The number of carbonyl (C=O) groups excluding carboxylic acids is 1. The van der Waals surface area contributed by atoms with Gasteiger partial charge in [0.05, 0.1) is 10.6 Å². The first-order valence-electron chi connectivity index (χ1n) is 5.32. The molecule has 0 bridgehead atoms. The summed E-state index contributed by atoms with van der Waals surface area (Å²) in [6.45, 7) is 3.19. The van der Waals surface area contributed by atoms with Crippen molar-refractivity contribution < 1.29 is 18.5 Å². The molecule has 0 unspecified atom stereocenters. The number of nitrogens with zero attached hydrogens (tertiary/aromatic N) is 1. The number of nitrogens with one attached hydrogen (secondary N) is 1. The molecule has 0 heterocycles. The van der Waals surface area contributed by atoms with Crippen molar-refractivity contribution in [3.05, 3.63) is 33.9 Å². The van der Waals surface area contributed by atoms with Gasteiger partial charge < -0.3 is 11.1 Å². The Morgan fingerprint density at radius 3 is 2.47 bits per heavy atom. The molecule has 0 spiro atoms. The maximum atomic E-state index is 13.4. The molecule has 1 rings (SSSR count). The van der Waals surface area contributed by atoms with Gasteiger partial charge >= 0.3 is 5.69 Å². The van der Waals surface area contributed by atoms with Gasteiger partial charge in [-0.2, -0.15) is 4.39 Å². The Balaban J connectivity index is 2.99. The molecule has 0 saturated carbocycles. The first-order valence-corrected chi connectivity index (χ1v) is 5.32. The number of nitro groups is 1. The Morgan fingerprint density at radius 2 is 2.00 bits per heavy atom. The van der Waals surface area contributed by atoms with Gasteiger partial charge in [-0.15, -0.1) is 0 Å². The molecule has 0 aliphatic carbocycles. The van der Waals surface area contributed by atoms with E-state index in [9.17, 15) is 23.7 Å². The van der Waals surface area contributed by atoms with Gasteiger partial charge in [0, 0.05) is 24.1 Å². The molecule has 0 aromatic heterocycles. The molecule has 0 aliphatic heterocycles. The van der Waals surface area contributed by atoms with E-state index in [1.165, 1.54) is 0 Å². The lowest BCUT2D eigenvalue weighted by molar-refractivity contribution is -0.387. The van der Waals surface area contributed by atoms with Crippen molar-refractivity contribution in [3.63, 3.8) is 0 Å². The third-order valence-corrected chi connectivity index (χ3v) is 2.12. The Labute approximate surface area is 107 Å². The minimum Gasteiger partial charge on any atom is -0.325 e. The predicted octanol–water partition coefficient (Wildman–Crippen LogP) is 1.94. The number of benzene rings is 1. The summed E-state index contributed by atoms with van der Waals surface area (Å²) in [7, 11) is 0. The number of carbonyl (C=O) groups is 1. The molecule has 1 aromatic rings. The van der Waals surface area contributed by atoms with Crippen molar-refractivity contribution in [2.75, 3.05) is 5.32 Å². The summed E-state index contributed by atoms with van der Waals surface area (Å²) in [4.78, 5) is 21.0. The second-order valence-electron chi connectivity index (χ2n) is 4.75. The number of hydrogen-bond acceptors (Lipinski definition) is 4.